The highest BCUT2D eigenvalue weighted by molar-refractivity contribution is 4.98. The summed E-state index contributed by atoms with van der Waals surface area (Å²) in [5.74, 6) is -1.20. The molecule has 2 fully saturated rings. The molecule has 5 heteroatoms. The molecule has 3 unspecified atom stereocenters. The third kappa shape index (κ3) is 2.82. The van der Waals surface area contributed by atoms with E-state index < -0.39 is 17.7 Å². The van der Waals surface area contributed by atoms with Gasteiger partial charge in [-0.15, -0.1) is 0 Å². The number of hydrogen-bond donors (Lipinski definition) is 1. The van der Waals surface area contributed by atoms with Crippen LogP contribution in [0.15, 0.2) is 0 Å². The number of ether oxygens (including phenoxy) is 1. The average Bonchev–Trinajstić information content (AvgIpc) is 2.28. The Balaban J connectivity index is 2.11. The summed E-state index contributed by atoms with van der Waals surface area (Å²) in [6, 6.07) is 0. The first kappa shape index (κ1) is 14.1. The molecule has 1 saturated heterocycles. The van der Waals surface area contributed by atoms with Gasteiger partial charge < -0.3 is 10.1 Å². The Morgan fingerprint density at radius 2 is 2.06 bits per heavy atom. The molecule has 0 aromatic carbocycles. The highest BCUT2D eigenvalue weighted by atomic mass is 19.4. The summed E-state index contributed by atoms with van der Waals surface area (Å²) in [4.78, 5) is 0. The van der Waals surface area contributed by atoms with Crippen molar-refractivity contribution in [1.29, 1.82) is 0 Å². The summed E-state index contributed by atoms with van der Waals surface area (Å²) in [6.07, 6.45) is -1.57. The number of morpholine rings is 1. The first-order chi connectivity index (χ1) is 8.29. The predicted octanol–water partition coefficient (Wildman–Crippen LogP) is 3.27. The molecule has 1 saturated carbocycles. The first-order valence-electron chi connectivity index (χ1n) is 6.76. The van der Waals surface area contributed by atoms with Crippen LogP contribution in [0.2, 0.25) is 0 Å². The molecule has 3 atom stereocenters. The van der Waals surface area contributed by atoms with Crippen LogP contribution in [-0.2, 0) is 4.74 Å². The maximum atomic E-state index is 12.9. The van der Waals surface area contributed by atoms with Crippen molar-refractivity contribution in [2.45, 2.75) is 63.3 Å². The van der Waals surface area contributed by atoms with Gasteiger partial charge in [0.25, 0.3) is 0 Å². The summed E-state index contributed by atoms with van der Waals surface area (Å²) < 4.78 is 44.7. The topological polar surface area (TPSA) is 21.3 Å². The smallest absolute Gasteiger partial charge is 0.366 e. The van der Waals surface area contributed by atoms with Crippen LogP contribution in [0.4, 0.5) is 13.2 Å². The lowest BCUT2D eigenvalue weighted by atomic mass is 9.76. The molecule has 1 spiro atoms. The zero-order valence-corrected chi connectivity index (χ0v) is 11.1. The third-order valence-corrected chi connectivity index (χ3v) is 4.42. The number of nitrogens with one attached hydrogen (secondary N) is 1. The summed E-state index contributed by atoms with van der Waals surface area (Å²) in [5.41, 5.74) is -0.937. The van der Waals surface area contributed by atoms with Crippen molar-refractivity contribution in [2.24, 2.45) is 5.92 Å². The van der Waals surface area contributed by atoms with Crippen LogP contribution in [-0.4, -0.2) is 30.5 Å². The van der Waals surface area contributed by atoms with Crippen LogP contribution >= 0.6 is 0 Å². The fourth-order valence-electron chi connectivity index (χ4n) is 3.20. The van der Waals surface area contributed by atoms with Gasteiger partial charge in [0.05, 0.1) is 17.1 Å². The normalized spacial score (nSPS) is 42.2. The molecule has 1 N–H and O–H groups in total. The van der Waals surface area contributed by atoms with Crippen LogP contribution in [0.1, 0.15) is 46.0 Å². The van der Waals surface area contributed by atoms with E-state index in [0.717, 1.165) is 19.4 Å². The molecule has 2 aliphatic rings. The van der Waals surface area contributed by atoms with E-state index in [1.807, 2.05) is 13.8 Å². The minimum atomic E-state index is -4.09. The summed E-state index contributed by atoms with van der Waals surface area (Å²) in [5, 5.41) is 3.27. The van der Waals surface area contributed by atoms with E-state index in [1.165, 1.54) is 0 Å². The van der Waals surface area contributed by atoms with Gasteiger partial charge in [0.15, 0.2) is 0 Å². The lowest BCUT2D eigenvalue weighted by Gasteiger charge is -2.50. The van der Waals surface area contributed by atoms with E-state index in [9.17, 15) is 13.2 Å². The van der Waals surface area contributed by atoms with Gasteiger partial charge in [0.2, 0.25) is 0 Å². The van der Waals surface area contributed by atoms with Gasteiger partial charge in [-0.2, -0.15) is 13.2 Å². The quantitative estimate of drug-likeness (QED) is 0.785. The zero-order valence-electron chi connectivity index (χ0n) is 11.1. The molecule has 1 aliphatic carbocycles. The molecule has 0 amide bonds. The number of alkyl halides is 3. The van der Waals surface area contributed by atoms with Crippen molar-refractivity contribution in [3.63, 3.8) is 0 Å². The van der Waals surface area contributed by atoms with E-state index in [2.05, 4.69) is 5.32 Å². The second-order valence-electron chi connectivity index (χ2n) is 6.03. The van der Waals surface area contributed by atoms with E-state index >= 15 is 0 Å². The predicted molar refractivity (Wildman–Crippen MR) is 63.4 cm³/mol. The molecule has 0 bridgehead atoms. The van der Waals surface area contributed by atoms with Crippen LogP contribution in [0.5, 0.6) is 0 Å². The minimum absolute atomic E-state index is 0.110. The lowest BCUT2D eigenvalue weighted by molar-refractivity contribution is -0.236. The van der Waals surface area contributed by atoms with E-state index in [1.54, 1.807) is 0 Å². The monoisotopic (exact) mass is 265 g/mol. The molecule has 2 nitrogen and oxygen atoms in total. The highest BCUT2D eigenvalue weighted by Crippen LogP contribution is 2.45. The van der Waals surface area contributed by atoms with E-state index in [-0.39, 0.29) is 18.4 Å². The average molecular weight is 265 g/mol. The summed E-state index contributed by atoms with van der Waals surface area (Å²) >= 11 is 0. The number of hydrogen-bond acceptors (Lipinski definition) is 2. The summed E-state index contributed by atoms with van der Waals surface area (Å²) in [7, 11) is 0. The van der Waals surface area contributed by atoms with Crippen molar-refractivity contribution in [2.75, 3.05) is 13.1 Å². The second kappa shape index (κ2) is 4.67. The molecular formula is C13H22F3NO. The van der Waals surface area contributed by atoms with Gasteiger partial charge in [-0.05, 0) is 39.0 Å². The maximum absolute atomic E-state index is 12.9. The zero-order chi connectivity index (χ0) is 13.4. The van der Waals surface area contributed by atoms with Crippen molar-refractivity contribution in [3.05, 3.63) is 0 Å². The Hall–Kier alpha value is -0.290. The molecule has 1 aliphatic heterocycles. The molecular weight excluding hydrogens is 243 g/mol. The van der Waals surface area contributed by atoms with Crippen molar-refractivity contribution in [1.82, 2.24) is 5.32 Å². The first-order valence-corrected chi connectivity index (χ1v) is 6.76. The molecule has 0 aromatic rings. The van der Waals surface area contributed by atoms with Gasteiger partial charge in [0, 0.05) is 13.1 Å². The van der Waals surface area contributed by atoms with Crippen LogP contribution < -0.4 is 5.32 Å². The Labute approximate surface area is 106 Å². The van der Waals surface area contributed by atoms with Gasteiger partial charge in [-0.3, -0.25) is 0 Å². The van der Waals surface area contributed by atoms with Gasteiger partial charge >= 0.3 is 6.18 Å². The molecule has 18 heavy (non-hydrogen) atoms. The molecule has 106 valence electrons. The standard InChI is InChI=1S/C13H22F3NO/c1-3-11(2)8-17-9-12(18-11)6-4-5-10(7-12)13(14,15)16/h10,17H,3-9H2,1-2H3. The minimum Gasteiger partial charge on any atom is -0.366 e. The Bertz CT molecular complexity index is 303. The SMILES string of the molecule is CCC1(C)CNCC2(CCCC(C(F)(F)F)C2)O1. The van der Waals surface area contributed by atoms with Crippen LogP contribution in [0.25, 0.3) is 0 Å². The number of rotatable bonds is 1. The van der Waals surface area contributed by atoms with Crippen LogP contribution in [0.3, 0.4) is 0 Å². The lowest BCUT2D eigenvalue weighted by Crippen LogP contribution is -2.61. The van der Waals surface area contributed by atoms with Crippen LogP contribution in [0, 0.1) is 5.92 Å². The molecule has 1 heterocycles. The van der Waals surface area contributed by atoms with E-state index in [4.69, 9.17) is 4.74 Å². The van der Waals surface area contributed by atoms with Crippen molar-refractivity contribution >= 4 is 0 Å². The summed E-state index contributed by atoms with van der Waals surface area (Å²) in [6.45, 7) is 5.28. The molecule has 0 aromatic heterocycles. The largest absolute Gasteiger partial charge is 0.391 e. The fourth-order valence-corrected chi connectivity index (χ4v) is 3.20. The van der Waals surface area contributed by atoms with Gasteiger partial charge in [-0.25, -0.2) is 0 Å². The Kier molecular flexibility index (Phi) is 3.67. The fraction of sp³-hybridized carbons (Fsp3) is 1.00. The third-order valence-electron chi connectivity index (χ3n) is 4.42. The second-order valence-corrected chi connectivity index (χ2v) is 6.03. The Morgan fingerprint density at radius 3 is 2.67 bits per heavy atom. The van der Waals surface area contributed by atoms with Crippen molar-refractivity contribution in [3.8, 4) is 0 Å². The van der Waals surface area contributed by atoms with Gasteiger partial charge in [0.1, 0.15) is 0 Å². The van der Waals surface area contributed by atoms with E-state index in [0.29, 0.717) is 13.0 Å². The maximum Gasteiger partial charge on any atom is 0.391 e. The Morgan fingerprint density at radius 1 is 1.33 bits per heavy atom. The van der Waals surface area contributed by atoms with Gasteiger partial charge in [-0.1, -0.05) is 6.92 Å². The molecule has 0 radical (unpaired) electrons. The molecule has 2 rings (SSSR count). The van der Waals surface area contributed by atoms with Crippen molar-refractivity contribution < 1.29 is 17.9 Å². The highest BCUT2D eigenvalue weighted by Gasteiger charge is 2.51. The number of halogens is 3.